The lowest BCUT2D eigenvalue weighted by Crippen LogP contribution is -2.53. The lowest BCUT2D eigenvalue weighted by Gasteiger charge is -2.33. The summed E-state index contributed by atoms with van der Waals surface area (Å²) in [5.41, 5.74) is 1.15. The number of rotatable bonds is 11. The number of amides is 3. The lowest BCUT2D eigenvalue weighted by molar-refractivity contribution is -0.128. The molecule has 11 heteroatoms. The van der Waals surface area contributed by atoms with Crippen LogP contribution in [0.4, 0.5) is 0 Å². The van der Waals surface area contributed by atoms with E-state index >= 15 is 0 Å². The molecule has 1 aliphatic rings. The molecule has 11 nitrogen and oxygen atoms in total. The zero-order valence-electron chi connectivity index (χ0n) is 23.3. The molecule has 0 spiro atoms. The SMILES string of the molecule is COc1cccc(C[C@@H](NC(C)=O)C(=O)NC2CCN(C(=O)c3cc(OC)c(OC)c(OC)c3)CC2)c1OC. The molecule has 1 fully saturated rings. The second-order valence-electron chi connectivity index (χ2n) is 9.10. The van der Waals surface area contributed by atoms with E-state index in [1.807, 2.05) is 6.07 Å². The second-order valence-corrected chi connectivity index (χ2v) is 9.10. The minimum atomic E-state index is -0.803. The van der Waals surface area contributed by atoms with Gasteiger partial charge in [-0.25, -0.2) is 0 Å². The summed E-state index contributed by atoms with van der Waals surface area (Å²) in [6.45, 7) is 2.28. The maximum absolute atomic E-state index is 13.2. The summed E-state index contributed by atoms with van der Waals surface area (Å²) < 4.78 is 26.9. The van der Waals surface area contributed by atoms with Crippen molar-refractivity contribution in [3.8, 4) is 28.7 Å². The summed E-state index contributed by atoms with van der Waals surface area (Å²) >= 11 is 0. The minimum Gasteiger partial charge on any atom is -0.493 e. The lowest BCUT2D eigenvalue weighted by atomic mass is 10.0. The number of carbonyl (C=O) groups is 3. The van der Waals surface area contributed by atoms with Crippen LogP contribution in [0.2, 0.25) is 0 Å². The van der Waals surface area contributed by atoms with Gasteiger partial charge in [-0.15, -0.1) is 0 Å². The van der Waals surface area contributed by atoms with Crippen LogP contribution in [0.25, 0.3) is 0 Å². The van der Waals surface area contributed by atoms with Gasteiger partial charge in [0, 0.05) is 43.6 Å². The van der Waals surface area contributed by atoms with E-state index in [0.717, 1.165) is 5.56 Å². The van der Waals surface area contributed by atoms with E-state index in [4.69, 9.17) is 23.7 Å². The van der Waals surface area contributed by atoms with Crippen LogP contribution in [-0.2, 0) is 16.0 Å². The van der Waals surface area contributed by atoms with Gasteiger partial charge in [0.05, 0.1) is 35.5 Å². The highest BCUT2D eigenvalue weighted by molar-refractivity contribution is 5.96. The molecule has 1 atom stereocenters. The van der Waals surface area contributed by atoms with Gasteiger partial charge >= 0.3 is 0 Å². The van der Waals surface area contributed by atoms with E-state index in [-0.39, 0.29) is 30.2 Å². The highest BCUT2D eigenvalue weighted by Crippen LogP contribution is 2.38. The molecule has 0 saturated carbocycles. The molecule has 2 aromatic rings. The molecule has 3 amide bonds. The minimum absolute atomic E-state index is 0.148. The van der Waals surface area contributed by atoms with E-state index in [1.54, 1.807) is 36.3 Å². The van der Waals surface area contributed by atoms with Gasteiger partial charge in [0.2, 0.25) is 17.6 Å². The number of nitrogens with one attached hydrogen (secondary N) is 2. The van der Waals surface area contributed by atoms with Crippen molar-refractivity contribution in [1.29, 1.82) is 0 Å². The second kappa shape index (κ2) is 13.6. The molecule has 0 radical (unpaired) electrons. The third-order valence-electron chi connectivity index (χ3n) is 6.64. The predicted molar refractivity (Wildman–Crippen MR) is 144 cm³/mol. The molecule has 1 heterocycles. The summed E-state index contributed by atoms with van der Waals surface area (Å²) in [6, 6.07) is 7.71. The van der Waals surface area contributed by atoms with Crippen molar-refractivity contribution in [2.45, 2.75) is 38.3 Å². The number of benzene rings is 2. The van der Waals surface area contributed by atoms with Crippen LogP contribution >= 0.6 is 0 Å². The van der Waals surface area contributed by atoms with E-state index < -0.39 is 6.04 Å². The Morgan fingerprint density at radius 2 is 1.46 bits per heavy atom. The molecule has 0 aromatic heterocycles. The fourth-order valence-electron chi connectivity index (χ4n) is 4.70. The molecule has 1 saturated heterocycles. The van der Waals surface area contributed by atoms with Crippen LogP contribution in [0.1, 0.15) is 35.7 Å². The number of carbonyl (C=O) groups excluding carboxylic acids is 3. The van der Waals surface area contributed by atoms with Gasteiger partial charge < -0.3 is 39.2 Å². The van der Waals surface area contributed by atoms with E-state index in [2.05, 4.69) is 10.6 Å². The first-order valence-electron chi connectivity index (χ1n) is 12.6. The van der Waals surface area contributed by atoms with Crippen molar-refractivity contribution in [3.63, 3.8) is 0 Å². The maximum Gasteiger partial charge on any atom is 0.254 e. The fourth-order valence-corrected chi connectivity index (χ4v) is 4.70. The van der Waals surface area contributed by atoms with Gasteiger partial charge in [-0.05, 0) is 31.0 Å². The Morgan fingerprint density at radius 1 is 0.872 bits per heavy atom. The average Bonchev–Trinajstić information content (AvgIpc) is 2.95. The number of piperidine rings is 1. The van der Waals surface area contributed by atoms with E-state index in [1.165, 1.54) is 35.4 Å². The number of likely N-dealkylation sites (tertiary alicyclic amines) is 1. The summed E-state index contributed by atoms with van der Waals surface area (Å²) in [5, 5.41) is 5.78. The van der Waals surface area contributed by atoms with Crippen molar-refractivity contribution in [1.82, 2.24) is 15.5 Å². The summed E-state index contributed by atoms with van der Waals surface area (Å²) in [4.78, 5) is 40.1. The van der Waals surface area contributed by atoms with Gasteiger partial charge in [0.1, 0.15) is 6.04 Å². The van der Waals surface area contributed by atoms with Gasteiger partial charge in [-0.2, -0.15) is 0 Å². The summed E-state index contributed by atoms with van der Waals surface area (Å²) in [6.07, 6.45) is 1.36. The number of para-hydroxylation sites is 1. The normalized spacial score (nSPS) is 14.2. The van der Waals surface area contributed by atoms with Crippen molar-refractivity contribution in [2.24, 2.45) is 0 Å². The first-order chi connectivity index (χ1) is 18.8. The highest BCUT2D eigenvalue weighted by atomic mass is 16.5. The Morgan fingerprint density at radius 3 is 1.97 bits per heavy atom. The number of hydrogen-bond donors (Lipinski definition) is 2. The third kappa shape index (κ3) is 7.04. The quantitative estimate of drug-likeness (QED) is 0.442. The summed E-state index contributed by atoms with van der Waals surface area (Å²) in [7, 11) is 7.57. The van der Waals surface area contributed by atoms with Crippen LogP contribution in [0.15, 0.2) is 30.3 Å². The third-order valence-corrected chi connectivity index (χ3v) is 6.64. The van der Waals surface area contributed by atoms with Gasteiger partial charge in [-0.3, -0.25) is 14.4 Å². The van der Waals surface area contributed by atoms with Crippen LogP contribution < -0.4 is 34.3 Å². The first-order valence-corrected chi connectivity index (χ1v) is 12.6. The van der Waals surface area contributed by atoms with Crippen molar-refractivity contribution >= 4 is 17.7 Å². The van der Waals surface area contributed by atoms with E-state index in [9.17, 15) is 14.4 Å². The number of methoxy groups -OCH3 is 5. The molecule has 39 heavy (non-hydrogen) atoms. The van der Waals surface area contributed by atoms with Gasteiger partial charge in [0.25, 0.3) is 5.91 Å². The van der Waals surface area contributed by atoms with E-state index in [0.29, 0.717) is 60.2 Å². The molecular formula is C28H37N3O8. The Balaban J connectivity index is 1.66. The molecule has 0 unspecified atom stereocenters. The number of hydrogen-bond acceptors (Lipinski definition) is 8. The van der Waals surface area contributed by atoms with Crippen LogP contribution in [0, 0.1) is 0 Å². The molecule has 0 aliphatic carbocycles. The van der Waals surface area contributed by atoms with Gasteiger partial charge in [-0.1, -0.05) is 12.1 Å². The van der Waals surface area contributed by atoms with Crippen LogP contribution in [-0.4, -0.2) is 83.3 Å². The topological polar surface area (TPSA) is 125 Å². The molecular weight excluding hydrogens is 506 g/mol. The number of nitrogens with zero attached hydrogens (tertiary/aromatic N) is 1. The van der Waals surface area contributed by atoms with Gasteiger partial charge in [0.15, 0.2) is 23.0 Å². The number of ether oxygens (including phenoxy) is 5. The van der Waals surface area contributed by atoms with Crippen molar-refractivity contribution in [3.05, 3.63) is 41.5 Å². The van der Waals surface area contributed by atoms with Crippen molar-refractivity contribution < 1.29 is 38.1 Å². The van der Waals surface area contributed by atoms with Crippen LogP contribution in [0.5, 0.6) is 28.7 Å². The largest absolute Gasteiger partial charge is 0.493 e. The Labute approximate surface area is 228 Å². The molecule has 0 bridgehead atoms. The zero-order chi connectivity index (χ0) is 28.5. The molecule has 1 aliphatic heterocycles. The highest BCUT2D eigenvalue weighted by Gasteiger charge is 2.29. The Kier molecular flexibility index (Phi) is 10.2. The monoisotopic (exact) mass is 543 g/mol. The molecule has 2 N–H and O–H groups in total. The Bertz CT molecular complexity index is 1150. The molecule has 212 valence electrons. The fraction of sp³-hybridized carbons (Fsp3) is 0.464. The maximum atomic E-state index is 13.2. The van der Waals surface area contributed by atoms with Crippen LogP contribution in [0.3, 0.4) is 0 Å². The Hall–Kier alpha value is -4.15. The standard InChI is InChI=1S/C28H37N3O8/c1-17(32)29-21(14-18-8-7-9-22(35-2)25(18)38-5)27(33)30-20-10-12-31(13-11-20)28(34)19-15-23(36-3)26(39-6)24(16-19)37-4/h7-9,15-16,20-21H,10-14H2,1-6H3,(H,29,32)(H,30,33)/t21-/m1/s1. The van der Waals surface area contributed by atoms with Crippen molar-refractivity contribution in [2.75, 3.05) is 48.6 Å². The average molecular weight is 544 g/mol. The predicted octanol–water partition coefficient (Wildman–Crippen LogP) is 2.20. The molecule has 3 rings (SSSR count). The molecule has 2 aromatic carbocycles. The first kappa shape index (κ1) is 29.4. The zero-order valence-corrected chi connectivity index (χ0v) is 23.3. The smallest absolute Gasteiger partial charge is 0.254 e. The summed E-state index contributed by atoms with van der Waals surface area (Å²) in [5.74, 6) is 1.49.